The Hall–Kier alpha value is -2.51. The number of nitrogens with one attached hydrogen (secondary N) is 2. The van der Waals surface area contributed by atoms with E-state index in [0.29, 0.717) is 0 Å². The zero-order valence-corrected chi connectivity index (χ0v) is 11.2. The maximum absolute atomic E-state index is 13.2. The Bertz CT molecular complexity index is 549. The Morgan fingerprint density at radius 2 is 1.95 bits per heavy atom. The fourth-order valence-electron chi connectivity index (χ4n) is 1.34. The van der Waals surface area contributed by atoms with Crippen LogP contribution in [0.4, 0.5) is 14.5 Å². The maximum atomic E-state index is 13.2. The summed E-state index contributed by atoms with van der Waals surface area (Å²) in [6, 6.07) is 2.59. The third-order valence-corrected chi connectivity index (χ3v) is 2.27. The highest BCUT2D eigenvalue weighted by molar-refractivity contribution is 5.92. The molecule has 0 heterocycles. The van der Waals surface area contributed by atoms with E-state index in [0.717, 1.165) is 18.2 Å². The fraction of sp³-hybridized carbons (Fsp3) is 0.308. The standard InChI is InChI=1S/C13H14F2N2O4/c1-8(18)16-5-4-13(20)21-7-12(19)17-11-6-9(14)2-3-10(11)15/h2-3,6H,4-5,7H2,1H3,(H,16,18)(H,17,19). The zero-order chi connectivity index (χ0) is 15.8. The van der Waals surface area contributed by atoms with E-state index < -0.39 is 30.1 Å². The van der Waals surface area contributed by atoms with Gasteiger partial charge in [0.05, 0.1) is 12.1 Å². The van der Waals surface area contributed by atoms with E-state index in [-0.39, 0.29) is 24.6 Å². The molecule has 2 N–H and O–H groups in total. The van der Waals surface area contributed by atoms with Gasteiger partial charge in [-0.2, -0.15) is 0 Å². The summed E-state index contributed by atoms with van der Waals surface area (Å²) in [7, 11) is 0. The Kier molecular flexibility index (Phi) is 6.25. The van der Waals surface area contributed by atoms with Gasteiger partial charge in [-0.05, 0) is 12.1 Å². The number of anilines is 1. The van der Waals surface area contributed by atoms with E-state index in [4.69, 9.17) is 0 Å². The van der Waals surface area contributed by atoms with Crippen LogP contribution in [-0.2, 0) is 19.1 Å². The largest absolute Gasteiger partial charge is 0.456 e. The molecule has 0 aromatic heterocycles. The lowest BCUT2D eigenvalue weighted by Crippen LogP contribution is -2.26. The highest BCUT2D eigenvalue weighted by atomic mass is 19.1. The van der Waals surface area contributed by atoms with Gasteiger partial charge in [0.25, 0.3) is 5.91 Å². The van der Waals surface area contributed by atoms with Crippen LogP contribution in [0.1, 0.15) is 13.3 Å². The lowest BCUT2D eigenvalue weighted by molar-refractivity contribution is -0.147. The van der Waals surface area contributed by atoms with Crippen LogP contribution in [0.3, 0.4) is 0 Å². The molecule has 8 heteroatoms. The van der Waals surface area contributed by atoms with E-state index in [1.54, 1.807) is 0 Å². The molecule has 6 nitrogen and oxygen atoms in total. The Morgan fingerprint density at radius 3 is 2.62 bits per heavy atom. The number of rotatable bonds is 6. The second-order valence-corrected chi connectivity index (χ2v) is 4.07. The minimum Gasteiger partial charge on any atom is -0.456 e. The van der Waals surface area contributed by atoms with Crippen LogP contribution >= 0.6 is 0 Å². The van der Waals surface area contributed by atoms with Crippen molar-refractivity contribution in [3.63, 3.8) is 0 Å². The van der Waals surface area contributed by atoms with E-state index in [2.05, 4.69) is 15.4 Å². The van der Waals surface area contributed by atoms with Gasteiger partial charge in [-0.1, -0.05) is 0 Å². The van der Waals surface area contributed by atoms with Crippen molar-refractivity contribution in [1.82, 2.24) is 5.32 Å². The molecule has 0 fully saturated rings. The summed E-state index contributed by atoms with van der Waals surface area (Å²) >= 11 is 0. The first-order valence-electron chi connectivity index (χ1n) is 6.03. The zero-order valence-electron chi connectivity index (χ0n) is 11.2. The van der Waals surface area contributed by atoms with Gasteiger partial charge in [-0.25, -0.2) is 8.78 Å². The number of carbonyl (C=O) groups is 3. The molecule has 1 aromatic rings. The van der Waals surface area contributed by atoms with Crippen molar-refractivity contribution in [2.24, 2.45) is 0 Å². The smallest absolute Gasteiger partial charge is 0.308 e. The van der Waals surface area contributed by atoms with Crippen LogP contribution < -0.4 is 10.6 Å². The van der Waals surface area contributed by atoms with Crippen molar-refractivity contribution < 1.29 is 27.9 Å². The van der Waals surface area contributed by atoms with Crippen LogP contribution in [-0.4, -0.2) is 30.9 Å². The topological polar surface area (TPSA) is 84.5 Å². The predicted octanol–water partition coefficient (Wildman–Crippen LogP) is 0.973. The third-order valence-electron chi connectivity index (χ3n) is 2.27. The molecule has 0 saturated carbocycles. The number of amides is 2. The number of esters is 1. The van der Waals surface area contributed by atoms with Crippen molar-refractivity contribution >= 4 is 23.5 Å². The maximum Gasteiger partial charge on any atom is 0.308 e. The van der Waals surface area contributed by atoms with Gasteiger partial charge in [0, 0.05) is 19.5 Å². The van der Waals surface area contributed by atoms with Gasteiger partial charge < -0.3 is 15.4 Å². The lowest BCUT2D eigenvalue weighted by Gasteiger charge is -2.07. The first-order valence-corrected chi connectivity index (χ1v) is 6.03. The molecular formula is C13H14F2N2O4. The van der Waals surface area contributed by atoms with Gasteiger partial charge >= 0.3 is 5.97 Å². The number of halogens is 2. The highest BCUT2D eigenvalue weighted by Crippen LogP contribution is 2.14. The normalized spacial score (nSPS) is 9.86. The number of benzene rings is 1. The van der Waals surface area contributed by atoms with Crippen molar-refractivity contribution in [2.75, 3.05) is 18.5 Å². The molecule has 0 spiro atoms. The second kappa shape index (κ2) is 7.93. The van der Waals surface area contributed by atoms with E-state index >= 15 is 0 Å². The van der Waals surface area contributed by atoms with Crippen molar-refractivity contribution in [3.8, 4) is 0 Å². The van der Waals surface area contributed by atoms with Gasteiger partial charge in [0.1, 0.15) is 11.6 Å². The predicted molar refractivity (Wildman–Crippen MR) is 69.2 cm³/mol. The number of hydrogen-bond acceptors (Lipinski definition) is 4. The Balaban J connectivity index is 2.35. The van der Waals surface area contributed by atoms with Crippen LogP contribution in [0.25, 0.3) is 0 Å². The molecule has 1 rings (SSSR count). The van der Waals surface area contributed by atoms with Gasteiger partial charge in [-0.15, -0.1) is 0 Å². The number of carbonyl (C=O) groups excluding carboxylic acids is 3. The molecule has 0 aliphatic heterocycles. The van der Waals surface area contributed by atoms with Gasteiger partial charge in [0.15, 0.2) is 6.61 Å². The molecule has 0 atom stereocenters. The lowest BCUT2D eigenvalue weighted by atomic mass is 10.3. The molecule has 114 valence electrons. The first kappa shape index (κ1) is 16.5. The van der Waals surface area contributed by atoms with Crippen LogP contribution in [0.5, 0.6) is 0 Å². The summed E-state index contributed by atoms with van der Waals surface area (Å²) in [6.45, 7) is 0.759. The molecule has 0 aliphatic carbocycles. The summed E-state index contributed by atoms with van der Waals surface area (Å²) in [5, 5.41) is 4.47. The molecular weight excluding hydrogens is 286 g/mol. The summed E-state index contributed by atoms with van der Waals surface area (Å²) in [4.78, 5) is 33.2. The van der Waals surface area contributed by atoms with Crippen LogP contribution in [0.15, 0.2) is 18.2 Å². The van der Waals surface area contributed by atoms with E-state index in [1.165, 1.54) is 6.92 Å². The number of ether oxygens (including phenoxy) is 1. The highest BCUT2D eigenvalue weighted by Gasteiger charge is 2.11. The number of hydrogen-bond donors (Lipinski definition) is 2. The minimum atomic E-state index is -0.804. The Labute approximate surface area is 119 Å². The van der Waals surface area contributed by atoms with Crippen LogP contribution in [0.2, 0.25) is 0 Å². The van der Waals surface area contributed by atoms with Gasteiger partial charge in [-0.3, -0.25) is 14.4 Å². The van der Waals surface area contributed by atoms with Crippen molar-refractivity contribution in [2.45, 2.75) is 13.3 Å². The van der Waals surface area contributed by atoms with Crippen molar-refractivity contribution in [1.29, 1.82) is 0 Å². The van der Waals surface area contributed by atoms with Gasteiger partial charge in [0.2, 0.25) is 5.91 Å². The molecule has 21 heavy (non-hydrogen) atoms. The van der Waals surface area contributed by atoms with Crippen molar-refractivity contribution in [3.05, 3.63) is 29.8 Å². The molecule has 0 unspecified atom stereocenters. The minimum absolute atomic E-state index is 0.0916. The molecule has 2 amide bonds. The summed E-state index contributed by atoms with van der Waals surface area (Å²) in [6.07, 6.45) is -0.0960. The molecule has 0 saturated heterocycles. The average Bonchev–Trinajstić information content (AvgIpc) is 2.40. The average molecular weight is 300 g/mol. The van der Waals surface area contributed by atoms with Crippen LogP contribution in [0, 0.1) is 11.6 Å². The molecule has 1 aromatic carbocycles. The summed E-state index contributed by atoms with van der Waals surface area (Å²) in [5.74, 6) is -3.30. The summed E-state index contributed by atoms with van der Waals surface area (Å²) in [5.41, 5.74) is -0.339. The second-order valence-electron chi connectivity index (χ2n) is 4.07. The fourth-order valence-corrected chi connectivity index (χ4v) is 1.34. The summed E-state index contributed by atoms with van der Waals surface area (Å²) < 4.78 is 30.7. The van der Waals surface area contributed by atoms with E-state index in [1.807, 2.05) is 0 Å². The molecule has 0 radical (unpaired) electrons. The molecule has 0 bridgehead atoms. The molecule has 0 aliphatic rings. The first-order chi connectivity index (χ1) is 9.88. The quantitative estimate of drug-likeness (QED) is 0.767. The Morgan fingerprint density at radius 1 is 1.24 bits per heavy atom. The van der Waals surface area contributed by atoms with E-state index in [9.17, 15) is 23.2 Å². The SMILES string of the molecule is CC(=O)NCCC(=O)OCC(=O)Nc1cc(F)ccc1F. The third kappa shape index (κ3) is 6.46. The monoisotopic (exact) mass is 300 g/mol.